The van der Waals surface area contributed by atoms with Crippen molar-refractivity contribution in [2.24, 2.45) is 5.92 Å². The Kier molecular flexibility index (Phi) is 7.38. The van der Waals surface area contributed by atoms with Gasteiger partial charge < -0.3 is 10.6 Å². The number of nitrogen functional groups attached to an aromatic ring is 1. The van der Waals surface area contributed by atoms with Crippen LogP contribution in [0.4, 0.5) is 17.2 Å². The summed E-state index contributed by atoms with van der Waals surface area (Å²) in [7, 11) is 0. The number of halogens is 1. The largest absolute Gasteiger partial charge is 0.383 e. The predicted octanol–water partition coefficient (Wildman–Crippen LogP) is 2.78. The van der Waals surface area contributed by atoms with Crippen molar-refractivity contribution in [1.29, 1.82) is 0 Å². The predicted molar refractivity (Wildman–Crippen MR) is 115 cm³/mol. The number of benzene rings is 1. The van der Waals surface area contributed by atoms with Crippen molar-refractivity contribution >= 4 is 34.7 Å². The van der Waals surface area contributed by atoms with Gasteiger partial charge in [-0.15, -0.1) is 0 Å². The summed E-state index contributed by atoms with van der Waals surface area (Å²) in [4.78, 5) is 51.8. The van der Waals surface area contributed by atoms with Crippen LogP contribution in [0.15, 0.2) is 27.8 Å². The second kappa shape index (κ2) is 9.57. The van der Waals surface area contributed by atoms with Crippen LogP contribution in [0.2, 0.25) is 5.02 Å². The number of carbonyl (C=O) groups is 1. The molecule has 0 saturated carbocycles. The molecule has 0 bridgehead atoms. The van der Waals surface area contributed by atoms with E-state index in [9.17, 15) is 24.5 Å². The van der Waals surface area contributed by atoms with E-state index < -0.39 is 22.1 Å². The summed E-state index contributed by atoms with van der Waals surface area (Å²) in [5.74, 6) is -0.827. The molecular weight excluding hydrogens is 414 g/mol. The molecule has 0 aliphatic rings. The Labute approximate surface area is 177 Å². The fourth-order valence-electron chi connectivity index (χ4n) is 2.95. The number of aromatic amines is 1. The van der Waals surface area contributed by atoms with E-state index in [0.717, 1.165) is 23.5 Å². The first kappa shape index (κ1) is 23.1. The summed E-state index contributed by atoms with van der Waals surface area (Å²) in [5.41, 5.74) is 4.26. The molecule has 0 radical (unpaired) electrons. The summed E-state index contributed by atoms with van der Waals surface area (Å²) in [6.45, 7) is 6.03. The number of nitrogens with one attached hydrogen (secondary N) is 1. The number of non-ortho nitro benzene ring substituents is 1. The molecule has 30 heavy (non-hydrogen) atoms. The van der Waals surface area contributed by atoms with Crippen molar-refractivity contribution < 1.29 is 9.72 Å². The van der Waals surface area contributed by atoms with Crippen LogP contribution in [0.3, 0.4) is 0 Å². The number of unbranched alkanes of at least 4 members (excludes halogenated alkanes) is 1. The number of rotatable bonds is 8. The average Bonchev–Trinajstić information content (AvgIpc) is 2.65. The Bertz CT molecular complexity index is 1080. The smallest absolute Gasteiger partial charge is 0.330 e. The van der Waals surface area contributed by atoms with E-state index in [1.54, 1.807) is 0 Å². The number of nitro benzene ring substituents is 1. The van der Waals surface area contributed by atoms with Gasteiger partial charge in [0.25, 0.3) is 17.2 Å². The Morgan fingerprint density at radius 2 is 2.03 bits per heavy atom. The number of nitrogens with zero attached hydrogens (tertiary/aromatic N) is 3. The fourth-order valence-corrected chi connectivity index (χ4v) is 3.21. The molecule has 0 spiro atoms. The Morgan fingerprint density at radius 1 is 1.37 bits per heavy atom. The molecule has 1 heterocycles. The van der Waals surface area contributed by atoms with Crippen LogP contribution in [0.25, 0.3) is 0 Å². The molecule has 1 amide bonds. The van der Waals surface area contributed by atoms with Crippen molar-refractivity contribution in [2.45, 2.75) is 40.2 Å². The second-order valence-electron chi connectivity index (χ2n) is 7.23. The summed E-state index contributed by atoms with van der Waals surface area (Å²) in [5, 5.41) is 10.8. The van der Waals surface area contributed by atoms with Crippen LogP contribution in [0.1, 0.15) is 44.0 Å². The van der Waals surface area contributed by atoms with Crippen molar-refractivity contribution in [3.63, 3.8) is 0 Å². The third-order valence-electron chi connectivity index (χ3n) is 4.41. The summed E-state index contributed by atoms with van der Waals surface area (Å²) < 4.78 is 1.22. The minimum atomic E-state index is -0.794. The van der Waals surface area contributed by atoms with Crippen molar-refractivity contribution in [1.82, 2.24) is 9.55 Å². The van der Waals surface area contributed by atoms with E-state index in [4.69, 9.17) is 17.3 Å². The van der Waals surface area contributed by atoms with Crippen molar-refractivity contribution in [3.8, 4) is 0 Å². The average molecular weight is 438 g/mol. The van der Waals surface area contributed by atoms with E-state index in [-0.39, 0.29) is 46.8 Å². The lowest BCUT2D eigenvalue weighted by molar-refractivity contribution is -0.384. The maximum atomic E-state index is 13.3. The third-order valence-corrected chi connectivity index (χ3v) is 4.72. The molecule has 0 unspecified atom stereocenters. The molecule has 0 fully saturated rings. The normalized spacial score (nSPS) is 11.0. The molecule has 1 aromatic carbocycles. The number of nitro groups is 1. The molecule has 162 valence electrons. The van der Waals surface area contributed by atoms with Crippen LogP contribution >= 0.6 is 11.6 Å². The van der Waals surface area contributed by atoms with Gasteiger partial charge in [-0.2, -0.15) is 0 Å². The van der Waals surface area contributed by atoms with Gasteiger partial charge in [0, 0.05) is 25.2 Å². The van der Waals surface area contributed by atoms with Crippen LogP contribution < -0.4 is 21.9 Å². The van der Waals surface area contributed by atoms with Gasteiger partial charge >= 0.3 is 5.69 Å². The van der Waals surface area contributed by atoms with Gasteiger partial charge in [-0.05, 0) is 18.4 Å². The highest BCUT2D eigenvalue weighted by molar-refractivity contribution is 6.34. The zero-order chi connectivity index (χ0) is 22.6. The number of hydrogen-bond donors (Lipinski definition) is 2. The molecule has 1 aromatic heterocycles. The topological polar surface area (TPSA) is 144 Å². The summed E-state index contributed by atoms with van der Waals surface area (Å²) >= 11 is 6.12. The maximum Gasteiger partial charge on any atom is 0.330 e. The Hall–Kier alpha value is -3.14. The number of anilines is 2. The minimum absolute atomic E-state index is 0.0203. The molecule has 2 aromatic rings. The van der Waals surface area contributed by atoms with Gasteiger partial charge in [-0.1, -0.05) is 38.8 Å². The second-order valence-corrected chi connectivity index (χ2v) is 7.64. The lowest BCUT2D eigenvalue weighted by Gasteiger charge is -2.26. The number of hydrogen-bond acceptors (Lipinski definition) is 6. The molecule has 0 aliphatic carbocycles. The molecule has 0 saturated heterocycles. The van der Waals surface area contributed by atoms with Crippen LogP contribution in [0, 0.1) is 16.0 Å². The molecule has 3 N–H and O–H groups in total. The highest BCUT2D eigenvalue weighted by Gasteiger charge is 2.28. The lowest BCUT2D eigenvalue weighted by atomic mass is 10.1. The monoisotopic (exact) mass is 437 g/mol. The van der Waals surface area contributed by atoms with Gasteiger partial charge in [-0.3, -0.25) is 29.3 Å². The van der Waals surface area contributed by atoms with E-state index in [0.29, 0.717) is 6.42 Å². The highest BCUT2D eigenvalue weighted by Crippen LogP contribution is 2.27. The summed E-state index contributed by atoms with van der Waals surface area (Å²) in [6, 6.07) is 3.45. The van der Waals surface area contributed by atoms with Gasteiger partial charge in [0.1, 0.15) is 5.82 Å². The first-order valence-corrected chi connectivity index (χ1v) is 9.84. The fraction of sp³-hybridized carbons (Fsp3) is 0.421. The van der Waals surface area contributed by atoms with E-state index >= 15 is 0 Å². The van der Waals surface area contributed by atoms with Gasteiger partial charge in [0.2, 0.25) is 0 Å². The first-order valence-electron chi connectivity index (χ1n) is 9.46. The first-order chi connectivity index (χ1) is 14.1. The highest BCUT2D eigenvalue weighted by atomic mass is 35.5. The van der Waals surface area contributed by atoms with E-state index in [2.05, 4.69) is 4.98 Å². The number of aromatic nitrogens is 2. The Morgan fingerprint density at radius 3 is 2.57 bits per heavy atom. The molecule has 0 atom stereocenters. The number of H-pyrrole nitrogens is 1. The zero-order valence-electron chi connectivity index (χ0n) is 17.0. The quantitative estimate of drug-likeness (QED) is 0.479. The van der Waals surface area contributed by atoms with Gasteiger partial charge in [0.15, 0.2) is 5.69 Å². The summed E-state index contributed by atoms with van der Waals surface area (Å²) in [6.07, 6.45) is 1.45. The Balaban J connectivity index is 2.64. The molecular formula is C19H24ClN5O5. The van der Waals surface area contributed by atoms with Crippen LogP contribution in [0.5, 0.6) is 0 Å². The molecule has 11 heteroatoms. The number of amides is 1. The molecule has 0 aliphatic heterocycles. The number of carbonyl (C=O) groups excluding carboxylic acids is 1. The molecule has 10 nitrogen and oxygen atoms in total. The van der Waals surface area contributed by atoms with Crippen LogP contribution in [-0.4, -0.2) is 26.9 Å². The van der Waals surface area contributed by atoms with Crippen LogP contribution in [-0.2, 0) is 6.54 Å². The zero-order valence-corrected chi connectivity index (χ0v) is 17.7. The molecule has 2 rings (SSSR count). The van der Waals surface area contributed by atoms with Gasteiger partial charge in [-0.25, -0.2) is 4.79 Å². The maximum absolute atomic E-state index is 13.3. The van der Waals surface area contributed by atoms with Crippen molar-refractivity contribution in [3.05, 3.63) is 59.7 Å². The van der Waals surface area contributed by atoms with Crippen molar-refractivity contribution in [2.75, 3.05) is 17.2 Å². The standard InChI is InChI=1S/C19H24ClN5O5/c1-4-5-8-23-16(21)15(17(26)22-19(23)28)24(10-11(2)3)18(27)13-7-6-12(25(29)30)9-14(13)20/h6-7,9,11H,4-5,8,10,21H2,1-3H3,(H,22,26,28). The third kappa shape index (κ3) is 4.88. The number of nitrogens with two attached hydrogens (primary N) is 1. The SMILES string of the molecule is CCCCn1c(N)c(N(CC(C)C)C(=O)c2ccc([N+](=O)[O-])cc2Cl)c(=O)[nH]c1=O. The lowest BCUT2D eigenvalue weighted by Crippen LogP contribution is -2.42. The van der Waals surface area contributed by atoms with E-state index in [1.165, 1.54) is 10.6 Å². The van der Waals surface area contributed by atoms with Gasteiger partial charge in [0.05, 0.1) is 15.5 Å². The van der Waals surface area contributed by atoms with E-state index in [1.807, 2.05) is 20.8 Å². The minimum Gasteiger partial charge on any atom is -0.383 e.